The molecule has 2 atom stereocenters. The van der Waals surface area contributed by atoms with Crippen molar-refractivity contribution in [3.63, 3.8) is 0 Å². The summed E-state index contributed by atoms with van der Waals surface area (Å²) in [5, 5.41) is 14.2. The van der Waals surface area contributed by atoms with Crippen LogP contribution < -0.4 is 10.6 Å². The fourth-order valence-corrected chi connectivity index (χ4v) is 4.93. The van der Waals surface area contributed by atoms with Gasteiger partial charge in [-0.2, -0.15) is 0 Å². The van der Waals surface area contributed by atoms with Crippen molar-refractivity contribution in [3.8, 4) is 0 Å². The molecule has 7 nitrogen and oxygen atoms in total. The predicted octanol–water partition coefficient (Wildman–Crippen LogP) is 5.19. The fourth-order valence-electron chi connectivity index (χ4n) is 3.90. The van der Waals surface area contributed by atoms with Crippen molar-refractivity contribution >= 4 is 58.0 Å². The van der Waals surface area contributed by atoms with Crippen molar-refractivity contribution in [1.82, 2.24) is 5.32 Å². The van der Waals surface area contributed by atoms with Crippen molar-refractivity contribution in [1.29, 1.82) is 0 Å². The molecule has 0 bridgehead atoms. The van der Waals surface area contributed by atoms with Gasteiger partial charge in [0.2, 0.25) is 5.91 Å². The van der Waals surface area contributed by atoms with E-state index in [1.807, 2.05) is 0 Å². The molecule has 0 spiro atoms. The molecule has 2 aliphatic rings. The minimum absolute atomic E-state index is 0.00716. The lowest BCUT2D eigenvalue weighted by atomic mass is 9.88. The first-order valence-corrected chi connectivity index (χ1v) is 11.0. The highest BCUT2D eigenvalue weighted by molar-refractivity contribution is 6.53. The van der Waals surface area contributed by atoms with E-state index in [9.17, 15) is 23.3 Å². The number of nitrogens with zero attached hydrogens (tertiary/aromatic N) is 1. The van der Waals surface area contributed by atoms with Crippen molar-refractivity contribution in [2.75, 3.05) is 5.32 Å². The largest absolute Gasteiger partial charge is 0.349 e. The average molecular weight is 520 g/mol. The summed E-state index contributed by atoms with van der Waals surface area (Å²) in [6, 6.07) is 9.37. The summed E-state index contributed by atoms with van der Waals surface area (Å²) in [4.78, 5) is 35.9. The molecule has 0 aromatic heterocycles. The summed E-state index contributed by atoms with van der Waals surface area (Å²) in [6.45, 7) is 0. The number of halogens is 5. The minimum atomic E-state index is -2.78. The number of benzene rings is 2. The van der Waals surface area contributed by atoms with Crippen LogP contribution in [0.15, 0.2) is 42.5 Å². The molecule has 4 rings (SSSR count). The van der Waals surface area contributed by atoms with Gasteiger partial charge in [0.15, 0.2) is 0 Å². The third-order valence-electron chi connectivity index (χ3n) is 5.71. The zero-order valence-corrected chi connectivity index (χ0v) is 19.0. The highest BCUT2D eigenvalue weighted by Gasteiger charge is 2.67. The Kier molecular flexibility index (Phi) is 6.01. The van der Waals surface area contributed by atoms with Crippen LogP contribution in [0.5, 0.6) is 0 Å². The molecule has 3 N–H and O–H groups in total. The number of hydrogen-bond acceptors (Lipinski definition) is 3. The van der Waals surface area contributed by atoms with Crippen LogP contribution in [0.25, 0.3) is 0 Å². The summed E-state index contributed by atoms with van der Waals surface area (Å²) in [5.41, 5.74) is 0.884. The number of rotatable bonds is 6. The number of amides is 2. The Morgan fingerprint density at radius 2 is 1.73 bits per heavy atom. The second-order valence-electron chi connectivity index (χ2n) is 8.11. The van der Waals surface area contributed by atoms with E-state index < -0.39 is 52.8 Å². The fraction of sp³-hybridized carbons (Fsp3) is 0.333. The van der Waals surface area contributed by atoms with Gasteiger partial charge in [0.1, 0.15) is 4.33 Å². The monoisotopic (exact) mass is 518 g/mol. The molecular weight excluding hydrogens is 503 g/mol. The second-order valence-corrected chi connectivity index (χ2v) is 9.96. The topological polar surface area (TPSA) is 98.5 Å². The van der Waals surface area contributed by atoms with Crippen LogP contribution in [0.1, 0.15) is 34.7 Å². The van der Waals surface area contributed by atoms with Crippen LogP contribution in [-0.4, -0.2) is 38.2 Å². The maximum atomic E-state index is 13.0. The van der Waals surface area contributed by atoms with E-state index in [0.717, 1.165) is 0 Å². The number of carbonyl (C=O) groups is 2. The molecule has 2 aliphatic carbocycles. The van der Waals surface area contributed by atoms with Gasteiger partial charge in [-0.15, -0.1) is 23.2 Å². The van der Waals surface area contributed by atoms with Gasteiger partial charge in [-0.3, -0.25) is 9.59 Å². The van der Waals surface area contributed by atoms with Crippen LogP contribution in [0.3, 0.4) is 0 Å². The van der Waals surface area contributed by atoms with Gasteiger partial charge in [-0.1, -0.05) is 23.7 Å². The maximum Gasteiger partial charge on any atom is 0.316 e. The number of nitrogens with one attached hydrogen (secondary N) is 2. The third-order valence-corrected chi connectivity index (χ3v) is 6.98. The van der Waals surface area contributed by atoms with Gasteiger partial charge in [0, 0.05) is 42.6 Å². The molecule has 0 heterocycles. The maximum absolute atomic E-state index is 13.0. The van der Waals surface area contributed by atoms with Gasteiger partial charge in [0.25, 0.3) is 16.8 Å². The van der Waals surface area contributed by atoms with Gasteiger partial charge >= 0.3 is 5.69 Å². The van der Waals surface area contributed by atoms with Crippen molar-refractivity contribution < 1.29 is 28.5 Å². The number of alkyl halides is 4. The second kappa shape index (κ2) is 8.38. The van der Waals surface area contributed by atoms with Gasteiger partial charge in [-0.05, 0) is 23.8 Å². The highest BCUT2D eigenvalue weighted by atomic mass is 35.5. The van der Waals surface area contributed by atoms with Crippen LogP contribution in [0.2, 0.25) is 5.02 Å². The Hall–Kier alpha value is -2.49. The van der Waals surface area contributed by atoms with E-state index in [2.05, 4.69) is 10.6 Å². The zero-order chi connectivity index (χ0) is 24.1. The summed E-state index contributed by atoms with van der Waals surface area (Å²) >= 11 is 18.7. The molecule has 0 aliphatic heterocycles. The molecule has 12 heteroatoms. The lowest BCUT2D eigenvalue weighted by Gasteiger charge is -2.35. The summed E-state index contributed by atoms with van der Waals surface area (Å²) < 4.78 is 24.6. The Morgan fingerprint density at radius 3 is 2.30 bits per heavy atom. The number of hydrogen-bond donors (Lipinski definition) is 3. The summed E-state index contributed by atoms with van der Waals surface area (Å²) in [7, 11) is 0. The normalized spacial score (nSPS) is 22.7. The molecule has 2 aromatic carbocycles. The van der Waals surface area contributed by atoms with E-state index in [1.54, 1.807) is 0 Å². The summed E-state index contributed by atoms with van der Waals surface area (Å²) in [5.74, 6) is -5.30. The van der Waals surface area contributed by atoms with E-state index in [-0.39, 0.29) is 26.9 Å². The Labute approximate surface area is 201 Å². The highest BCUT2D eigenvalue weighted by Crippen LogP contribution is 2.65. The van der Waals surface area contributed by atoms with Crippen LogP contribution in [0, 0.1) is 10.8 Å². The summed E-state index contributed by atoms with van der Waals surface area (Å²) in [6.07, 6.45) is -0.870. The molecule has 2 fully saturated rings. The first kappa shape index (κ1) is 23.7. The zero-order valence-electron chi connectivity index (χ0n) is 16.7. The Balaban J connectivity index is 1.44. The molecule has 2 saturated carbocycles. The Bertz CT molecular complexity index is 1140. The molecular formula is C21H17Cl3F2N3O4+. The van der Waals surface area contributed by atoms with Gasteiger partial charge in [-0.25, -0.2) is 14.0 Å². The number of anilines is 1. The third kappa shape index (κ3) is 4.76. The predicted molar refractivity (Wildman–Crippen MR) is 118 cm³/mol. The molecule has 2 amide bonds. The SMILES string of the molecule is O=C(NC1CC(F)(F)C1)c1cc(NC(=O)C2C(c3ccc([N+](=O)O)cc3)C2(Cl)Cl)ccc1Cl. The molecule has 0 saturated heterocycles. The van der Waals surface area contributed by atoms with Crippen LogP contribution in [-0.2, 0) is 4.79 Å². The molecule has 174 valence electrons. The van der Waals surface area contributed by atoms with Gasteiger partial charge < -0.3 is 10.6 Å². The van der Waals surface area contributed by atoms with Gasteiger partial charge in [0.05, 0.1) is 21.4 Å². The van der Waals surface area contributed by atoms with Crippen LogP contribution >= 0.6 is 34.8 Å². The lowest BCUT2D eigenvalue weighted by molar-refractivity contribution is -0.729. The lowest BCUT2D eigenvalue weighted by Crippen LogP contribution is -2.50. The molecule has 33 heavy (non-hydrogen) atoms. The van der Waals surface area contributed by atoms with Crippen molar-refractivity contribution in [3.05, 3.63) is 63.5 Å². The quantitative estimate of drug-likeness (QED) is 0.361. The Morgan fingerprint density at radius 1 is 1.09 bits per heavy atom. The first-order chi connectivity index (χ1) is 15.4. The van der Waals surface area contributed by atoms with E-state index in [1.165, 1.54) is 42.5 Å². The van der Waals surface area contributed by atoms with E-state index >= 15 is 0 Å². The molecule has 2 aromatic rings. The smallest absolute Gasteiger partial charge is 0.316 e. The van der Waals surface area contributed by atoms with E-state index in [4.69, 9.17) is 40.0 Å². The van der Waals surface area contributed by atoms with Crippen molar-refractivity contribution in [2.45, 2.75) is 35.1 Å². The standard InChI is InChI=1S/C21H16Cl3F2N3O4/c22-15-6-3-11(7-14(15)18(30)28-12-8-20(25,26)9-12)27-19(31)17-16(21(17,23)24)10-1-4-13(5-2-10)29(32)33/h1-7,12,16-17H,8-9H2,(H2-,27,28,30,31,32,33)/p+1. The molecule has 0 radical (unpaired) electrons. The first-order valence-electron chi connectivity index (χ1n) is 9.82. The van der Waals surface area contributed by atoms with Crippen molar-refractivity contribution in [2.24, 2.45) is 5.92 Å². The minimum Gasteiger partial charge on any atom is -0.349 e. The number of carbonyl (C=O) groups excluding carboxylic acids is 2. The average Bonchev–Trinajstić information content (AvgIpc) is 3.30. The van der Waals surface area contributed by atoms with Crippen LogP contribution in [0.4, 0.5) is 20.2 Å². The molecule has 2 unspecified atom stereocenters. The van der Waals surface area contributed by atoms with E-state index in [0.29, 0.717) is 5.56 Å².